The maximum absolute atomic E-state index is 13.4. The summed E-state index contributed by atoms with van der Waals surface area (Å²) < 4.78 is 36.3. The molecular formula is C28H37N5O5S. The summed E-state index contributed by atoms with van der Waals surface area (Å²) in [6, 6.07) is 14.8. The van der Waals surface area contributed by atoms with Crippen molar-refractivity contribution < 1.29 is 23.1 Å². The molecule has 0 saturated heterocycles. The van der Waals surface area contributed by atoms with E-state index in [-0.39, 0.29) is 42.0 Å². The summed E-state index contributed by atoms with van der Waals surface area (Å²) in [7, 11) is -0.183. The zero-order chi connectivity index (χ0) is 28.2. The third-order valence-corrected chi connectivity index (χ3v) is 8.18. The Balaban J connectivity index is 1.63. The molecule has 2 N–H and O–H groups in total. The van der Waals surface area contributed by atoms with Gasteiger partial charge in [0.15, 0.2) is 5.03 Å². The van der Waals surface area contributed by atoms with Crippen molar-refractivity contribution in [3.8, 4) is 5.75 Å². The number of sulfonamides is 1. The number of nitrogens with one attached hydrogen (secondary N) is 1. The summed E-state index contributed by atoms with van der Waals surface area (Å²) in [5.41, 5.74) is 2.07. The van der Waals surface area contributed by atoms with E-state index in [4.69, 9.17) is 4.74 Å². The fourth-order valence-corrected chi connectivity index (χ4v) is 5.75. The number of anilines is 1. The van der Waals surface area contributed by atoms with Crippen LogP contribution in [0.5, 0.6) is 5.75 Å². The first-order valence-electron chi connectivity index (χ1n) is 13.0. The smallest absolute Gasteiger partial charge is 0.280 e. The van der Waals surface area contributed by atoms with Crippen molar-refractivity contribution in [1.82, 2.24) is 19.4 Å². The summed E-state index contributed by atoms with van der Waals surface area (Å²) >= 11 is 0. The first-order valence-corrected chi connectivity index (χ1v) is 14.5. The summed E-state index contributed by atoms with van der Waals surface area (Å²) in [4.78, 5) is 21.2. The van der Waals surface area contributed by atoms with E-state index in [1.54, 1.807) is 34.7 Å². The van der Waals surface area contributed by atoms with Gasteiger partial charge in [0.2, 0.25) is 5.91 Å². The van der Waals surface area contributed by atoms with Crippen molar-refractivity contribution in [2.45, 2.75) is 44.0 Å². The number of rotatable bonds is 9. The number of nitrogens with zero attached hydrogens (tertiary/aromatic N) is 4. The molecule has 210 valence electrons. The van der Waals surface area contributed by atoms with Gasteiger partial charge in [0.25, 0.3) is 10.0 Å². The van der Waals surface area contributed by atoms with E-state index in [1.165, 1.54) is 18.1 Å². The fourth-order valence-electron chi connectivity index (χ4n) is 4.71. The van der Waals surface area contributed by atoms with Crippen LogP contribution in [0.15, 0.2) is 66.1 Å². The molecule has 1 amide bonds. The monoisotopic (exact) mass is 555 g/mol. The molecule has 4 rings (SSSR count). The van der Waals surface area contributed by atoms with Gasteiger partial charge in [-0.25, -0.2) is 4.98 Å². The second-order valence-electron chi connectivity index (χ2n) is 10.4. The summed E-state index contributed by atoms with van der Waals surface area (Å²) in [5, 5.41) is 9.76. The number of carbonyl (C=O) groups is 1. The predicted octanol–water partition coefficient (Wildman–Crippen LogP) is 2.50. The Morgan fingerprint density at radius 2 is 1.97 bits per heavy atom. The number of ether oxygens (including phenoxy) is 1. The Hall–Kier alpha value is -3.41. The van der Waals surface area contributed by atoms with Gasteiger partial charge < -0.3 is 19.3 Å². The molecule has 0 saturated carbocycles. The molecule has 1 aromatic heterocycles. The minimum Gasteiger partial charge on any atom is -0.488 e. The largest absolute Gasteiger partial charge is 0.488 e. The zero-order valence-corrected chi connectivity index (χ0v) is 23.6. The highest BCUT2D eigenvalue weighted by molar-refractivity contribution is 7.92. The van der Waals surface area contributed by atoms with Crippen LogP contribution in [-0.2, 0) is 34.8 Å². The lowest BCUT2D eigenvalue weighted by molar-refractivity contribution is -0.134. The van der Waals surface area contributed by atoms with Gasteiger partial charge in [-0.1, -0.05) is 37.3 Å². The van der Waals surface area contributed by atoms with Crippen LogP contribution in [0.2, 0.25) is 0 Å². The maximum atomic E-state index is 13.4. The third kappa shape index (κ3) is 7.17. The molecule has 0 bridgehead atoms. The Morgan fingerprint density at radius 3 is 2.64 bits per heavy atom. The van der Waals surface area contributed by atoms with E-state index in [1.807, 2.05) is 39.1 Å². The average Bonchev–Trinajstić information content (AvgIpc) is 3.36. The standard InChI is InChI=1S/C28H37N5O5S/c1-20-14-33(21(2)18-34)28(35)13-23-12-24(30-39(36,37)27-17-32(4)19-29-27)10-11-25(23)38-26(20)16-31(3)15-22-8-6-5-7-9-22/h5-12,17,19-21,26,30,34H,13-16,18H2,1-4H3/t20-,21+,26+/m1/s1. The van der Waals surface area contributed by atoms with Crippen molar-refractivity contribution in [1.29, 1.82) is 0 Å². The molecule has 1 aliphatic heterocycles. The number of likely N-dealkylation sites (N-methyl/N-ethyl adjacent to an activating group) is 1. The summed E-state index contributed by atoms with van der Waals surface area (Å²) in [5.74, 6) is 0.346. The maximum Gasteiger partial charge on any atom is 0.280 e. The first-order chi connectivity index (χ1) is 18.6. The Labute approximate surface area is 230 Å². The SMILES string of the molecule is C[C@@H]1CN([C@@H](C)CO)C(=O)Cc2cc(NS(=O)(=O)c3cn(C)cn3)ccc2O[C@H]1CN(C)Cc1ccccc1. The Kier molecular flexibility index (Phi) is 8.94. The van der Waals surface area contributed by atoms with E-state index in [9.17, 15) is 18.3 Å². The number of carbonyl (C=O) groups excluding carboxylic acids is 1. The van der Waals surface area contributed by atoms with E-state index in [0.717, 1.165) is 6.54 Å². The lowest BCUT2D eigenvalue weighted by Gasteiger charge is -2.34. The van der Waals surface area contributed by atoms with Crippen LogP contribution in [-0.4, -0.2) is 77.7 Å². The van der Waals surface area contributed by atoms with Crippen LogP contribution in [0.25, 0.3) is 0 Å². The number of aliphatic hydroxyl groups is 1. The zero-order valence-electron chi connectivity index (χ0n) is 22.8. The highest BCUT2D eigenvalue weighted by Gasteiger charge is 2.31. The minimum atomic E-state index is -3.91. The van der Waals surface area contributed by atoms with Crippen LogP contribution in [0, 0.1) is 5.92 Å². The topological polar surface area (TPSA) is 117 Å². The summed E-state index contributed by atoms with van der Waals surface area (Å²) in [6.45, 7) is 5.49. The van der Waals surface area contributed by atoms with Crippen molar-refractivity contribution in [3.63, 3.8) is 0 Å². The third-order valence-electron chi connectivity index (χ3n) is 6.91. The number of aryl methyl sites for hydroxylation is 1. The van der Waals surface area contributed by atoms with E-state index in [2.05, 4.69) is 26.7 Å². The van der Waals surface area contributed by atoms with Crippen LogP contribution in [0.1, 0.15) is 25.0 Å². The Morgan fingerprint density at radius 1 is 1.23 bits per heavy atom. The molecule has 0 fully saturated rings. The van der Waals surface area contributed by atoms with Crippen LogP contribution >= 0.6 is 0 Å². The number of hydrogen-bond acceptors (Lipinski definition) is 7. The van der Waals surface area contributed by atoms with Crippen LogP contribution in [0.4, 0.5) is 5.69 Å². The molecule has 2 aromatic carbocycles. The molecule has 0 unspecified atom stereocenters. The number of fused-ring (bicyclic) bond motifs is 1. The van der Waals surface area contributed by atoms with Crippen LogP contribution < -0.4 is 9.46 Å². The lowest BCUT2D eigenvalue weighted by atomic mass is 10.0. The number of benzene rings is 2. The molecule has 0 spiro atoms. The van der Waals surface area contributed by atoms with Gasteiger partial charge in [0.05, 0.1) is 25.4 Å². The number of hydrogen-bond donors (Lipinski definition) is 2. The highest BCUT2D eigenvalue weighted by atomic mass is 32.2. The molecule has 1 aliphatic rings. The highest BCUT2D eigenvalue weighted by Crippen LogP contribution is 2.30. The molecule has 0 aliphatic carbocycles. The number of amides is 1. The van der Waals surface area contributed by atoms with Gasteiger partial charge in [-0.15, -0.1) is 0 Å². The van der Waals surface area contributed by atoms with Crippen molar-refractivity contribution in [3.05, 3.63) is 72.2 Å². The van der Waals surface area contributed by atoms with Crippen molar-refractivity contribution >= 4 is 21.6 Å². The molecule has 0 radical (unpaired) electrons. The Bertz CT molecular complexity index is 1380. The van der Waals surface area contributed by atoms with Crippen molar-refractivity contribution in [2.24, 2.45) is 13.0 Å². The van der Waals surface area contributed by atoms with Gasteiger partial charge in [-0.2, -0.15) is 8.42 Å². The quantitative estimate of drug-likeness (QED) is 0.417. The van der Waals surface area contributed by atoms with Gasteiger partial charge in [-0.05, 0) is 37.7 Å². The number of aliphatic hydroxyl groups excluding tert-OH is 1. The molecule has 2 heterocycles. The first kappa shape index (κ1) is 28.6. The molecule has 39 heavy (non-hydrogen) atoms. The molecule has 11 heteroatoms. The van der Waals surface area contributed by atoms with E-state index < -0.39 is 10.0 Å². The molecule has 3 aromatic rings. The fraction of sp³-hybridized carbons (Fsp3) is 0.429. The lowest BCUT2D eigenvalue weighted by Crippen LogP contribution is -2.47. The van der Waals surface area contributed by atoms with Crippen molar-refractivity contribution in [2.75, 3.05) is 31.5 Å². The van der Waals surface area contributed by atoms with Gasteiger partial charge in [-0.3, -0.25) is 14.4 Å². The molecular weight excluding hydrogens is 518 g/mol. The number of imidazole rings is 1. The van der Waals surface area contributed by atoms with Gasteiger partial charge in [0, 0.05) is 50.0 Å². The summed E-state index contributed by atoms with van der Waals surface area (Å²) in [6.07, 6.45) is 2.59. The van der Waals surface area contributed by atoms with E-state index in [0.29, 0.717) is 30.1 Å². The second-order valence-corrected chi connectivity index (χ2v) is 12.0. The second kappa shape index (κ2) is 12.2. The normalized spacial score (nSPS) is 19.0. The minimum absolute atomic E-state index is 0.0120. The molecule has 3 atom stereocenters. The molecule has 10 nitrogen and oxygen atoms in total. The average molecular weight is 556 g/mol. The van der Waals surface area contributed by atoms with Crippen LogP contribution in [0.3, 0.4) is 0 Å². The van der Waals surface area contributed by atoms with E-state index >= 15 is 0 Å². The van der Waals surface area contributed by atoms with Gasteiger partial charge in [0.1, 0.15) is 11.9 Å². The number of aromatic nitrogens is 2. The predicted molar refractivity (Wildman–Crippen MR) is 149 cm³/mol. The van der Waals surface area contributed by atoms with Gasteiger partial charge >= 0.3 is 0 Å².